The number of hydrogen-bond acceptors (Lipinski definition) is 3. The fourth-order valence-corrected chi connectivity index (χ4v) is 3.03. The molecule has 23 heavy (non-hydrogen) atoms. The Morgan fingerprint density at radius 2 is 2.22 bits per heavy atom. The Morgan fingerprint density at radius 1 is 1.48 bits per heavy atom. The van der Waals surface area contributed by atoms with Crippen molar-refractivity contribution in [3.8, 4) is 0 Å². The minimum atomic E-state index is -0.0867. The van der Waals surface area contributed by atoms with Crippen LogP contribution in [0.4, 0.5) is 0 Å². The lowest BCUT2D eigenvalue weighted by Gasteiger charge is -2.09. The molecule has 2 rings (SSSR count). The van der Waals surface area contributed by atoms with Crippen molar-refractivity contribution < 1.29 is 9.53 Å². The monoisotopic (exact) mass is 381 g/mol. The number of aryl methyl sites for hydroxylation is 2. The molecule has 6 heteroatoms. The van der Waals surface area contributed by atoms with Crippen LogP contribution in [0.1, 0.15) is 48.9 Å². The second kappa shape index (κ2) is 7.93. The smallest absolute Gasteiger partial charge is 0.270 e. The molecule has 0 aliphatic carbocycles. The molecule has 0 aliphatic rings. The summed E-state index contributed by atoms with van der Waals surface area (Å²) in [6, 6.07) is 2.01. The number of aromatic nitrogens is 2. The zero-order valence-corrected chi connectivity index (χ0v) is 15.7. The van der Waals surface area contributed by atoms with Crippen LogP contribution in [0.5, 0.6) is 0 Å². The van der Waals surface area contributed by atoms with E-state index in [9.17, 15) is 4.79 Å². The van der Waals surface area contributed by atoms with Gasteiger partial charge in [0.1, 0.15) is 11.3 Å². The van der Waals surface area contributed by atoms with Crippen LogP contribution in [-0.4, -0.2) is 34.5 Å². The number of halogens is 1. The van der Waals surface area contributed by atoms with Crippen LogP contribution >= 0.6 is 15.9 Å². The highest BCUT2D eigenvalue weighted by Crippen LogP contribution is 2.21. The molecule has 5 nitrogen and oxygen atoms in total. The molecule has 0 aliphatic heterocycles. The number of nitrogens with zero attached hydrogens (tertiary/aromatic N) is 2. The maximum atomic E-state index is 12.6. The number of amides is 1. The van der Waals surface area contributed by atoms with Gasteiger partial charge in [-0.1, -0.05) is 6.92 Å². The van der Waals surface area contributed by atoms with Gasteiger partial charge in [0.25, 0.3) is 5.91 Å². The van der Waals surface area contributed by atoms with Gasteiger partial charge < -0.3 is 10.1 Å². The number of rotatable bonds is 7. The molecular formula is C17H24BrN3O2. The van der Waals surface area contributed by atoms with Gasteiger partial charge in [-0.15, -0.1) is 0 Å². The average Bonchev–Trinajstić information content (AvgIpc) is 2.85. The van der Waals surface area contributed by atoms with Gasteiger partial charge in [-0.2, -0.15) is 0 Å². The summed E-state index contributed by atoms with van der Waals surface area (Å²) < 4.78 is 8.29. The van der Waals surface area contributed by atoms with Gasteiger partial charge >= 0.3 is 0 Å². The van der Waals surface area contributed by atoms with Crippen molar-refractivity contribution in [1.82, 2.24) is 14.7 Å². The topological polar surface area (TPSA) is 55.6 Å². The second-order valence-electron chi connectivity index (χ2n) is 5.82. The highest BCUT2D eigenvalue weighted by atomic mass is 79.9. The molecule has 1 N–H and O–H groups in total. The first kappa shape index (κ1) is 17.9. The van der Waals surface area contributed by atoms with E-state index >= 15 is 0 Å². The van der Waals surface area contributed by atoms with Crippen molar-refractivity contribution in [1.29, 1.82) is 0 Å². The van der Waals surface area contributed by atoms with E-state index in [4.69, 9.17) is 4.74 Å². The van der Waals surface area contributed by atoms with E-state index in [1.54, 1.807) is 0 Å². The zero-order chi connectivity index (χ0) is 17.0. The van der Waals surface area contributed by atoms with E-state index in [2.05, 4.69) is 26.2 Å². The Kier molecular flexibility index (Phi) is 6.18. The summed E-state index contributed by atoms with van der Waals surface area (Å²) in [7, 11) is 0. The number of hydrogen-bond donors (Lipinski definition) is 1. The first-order valence-electron chi connectivity index (χ1n) is 8.01. The number of fused-ring (bicyclic) bond motifs is 1. The van der Waals surface area contributed by atoms with Gasteiger partial charge in [-0.25, -0.2) is 4.98 Å². The standard InChI is InChI=1S/C17H24BrN3O2/c1-5-14-15(17(22)19-7-6-8-23-11(2)3)21-10-13(18)9-12(4)16(21)20-14/h9-11H,5-8H2,1-4H3,(H,19,22). The van der Waals surface area contributed by atoms with E-state index in [0.717, 1.165) is 34.2 Å². The quantitative estimate of drug-likeness (QED) is 0.746. The molecule has 126 valence electrons. The molecule has 0 fully saturated rings. The summed E-state index contributed by atoms with van der Waals surface area (Å²) in [4.78, 5) is 17.2. The number of carbonyl (C=O) groups excluding carboxylic acids is 1. The van der Waals surface area contributed by atoms with Gasteiger partial charge in [0.2, 0.25) is 0 Å². The Morgan fingerprint density at radius 3 is 2.87 bits per heavy atom. The molecular weight excluding hydrogens is 358 g/mol. The Labute approximate surface area is 145 Å². The average molecular weight is 382 g/mol. The maximum Gasteiger partial charge on any atom is 0.270 e. The van der Waals surface area contributed by atoms with Gasteiger partial charge in [-0.05, 0) is 61.2 Å². The summed E-state index contributed by atoms with van der Waals surface area (Å²) >= 11 is 3.49. The molecule has 0 aromatic carbocycles. The lowest BCUT2D eigenvalue weighted by molar-refractivity contribution is 0.0756. The van der Waals surface area contributed by atoms with Crippen LogP contribution in [0.3, 0.4) is 0 Å². The number of imidazole rings is 1. The van der Waals surface area contributed by atoms with E-state index in [0.29, 0.717) is 18.8 Å². The molecule has 0 radical (unpaired) electrons. The van der Waals surface area contributed by atoms with Crippen molar-refractivity contribution in [2.45, 2.75) is 46.6 Å². The predicted molar refractivity (Wildman–Crippen MR) is 95.0 cm³/mol. The number of carbonyl (C=O) groups is 1. The van der Waals surface area contributed by atoms with Crippen molar-refractivity contribution in [3.63, 3.8) is 0 Å². The van der Waals surface area contributed by atoms with Crippen LogP contribution in [0.25, 0.3) is 5.65 Å². The van der Waals surface area contributed by atoms with Gasteiger partial charge in [0.05, 0.1) is 11.8 Å². The number of ether oxygens (including phenoxy) is 1. The fraction of sp³-hybridized carbons (Fsp3) is 0.529. The number of nitrogens with one attached hydrogen (secondary N) is 1. The van der Waals surface area contributed by atoms with Crippen molar-refractivity contribution >= 4 is 27.5 Å². The summed E-state index contributed by atoms with van der Waals surface area (Å²) in [5.41, 5.74) is 3.32. The SMILES string of the molecule is CCc1nc2c(C)cc(Br)cn2c1C(=O)NCCCOC(C)C. The van der Waals surface area contributed by atoms with E-state index in [1.807, 2.05) is 44.4 Å². The predicted octanol–water partition coefficient (Wildman–Crippen LogP) is 3.51. The van der Waals surface area contributed by atoms with Gasteiger partial charge in [0, 0.05) is 23.8 Å². The largest absolute Gasteiger partial charge is 0.379 e. The van der Waals surface area contributed by atoms with Crippen LogP contribution in [0.2, 0.25) is 0 Å². The molecule has 0 spiro atoms. The summed E-state index contributed by atoms with van der Waals surface area (Å²) in [5, 5.41) is 2.97. The third kappa shape index (κ3) is 4.32. The van der Waals surface area contributed by atoms with E-state index in [-0.39, 0.29) is 12.0 Å². The van der Waals surface area contributed by atoms with Crippen LogP contribution in [-0.2, 0) is 11.2 Å². The normalized spacial score (nSPS) is 11.4. The lowest BCUT2D eigenvalue weighted by Crippen LogP contribution is -2.27. The van der Waals surface area contributed by atoms with E-state index < -0.39 is 0 Å². The first-order valence-corrected chi connectivity index (χ1v) is 8.80. The zero-order valence-electron chi connectivity index (χ0n) is 14.1. The summed E-state index contributed by atoms with van der Waals surface area (Å²) in [5.74, 6) is -0.0867. The molecule has 0 bridgehead atoms. The molecule has 0 unspecified atom stereocenters. The molecule has 1 amide bonds. The Bertz CT molecular complexity index is 695. The Balaban J connectivity index is 2.16. The molecule has 0 atom stereocenters. The second-order valence-corrected chi connectivity index (χ2v) is 6.74. The highest BCUT2D eigenvalue weighted by molar-refractivity contribution is 9.10. The van der Waals surface area contributed by atoms with Crippen LogP contribution in [0.15, 0.2) is 16.7 Å². The third-order valence-electron chi connectivity index (χ3n) is 3.55. The summed E-state index contributed by atoms with van der Waals surface area (Å²) in [6.07, 6.45) is 3.63. The summed E-state index contributed by atoms with van der Waals surface area (Å²) in [6.45, 7) is 9.26. The molecule has 2 aromatic heterocycles. The van der Waals surface area contributed by atoms with Crippen molar-refractivity contribution in [2.24, 2.45) is 0 Å². The molecule has 0 saturated heterocycles. The third-order valence-corrected chi connectivity index (χ3v) is 3.98. The van der Waals surface area contributed by atoms with Crippen LogP contribution < -0.4 is 5.32 Å². The highest BCUT2D eigenvalue weighted by Gasteiger charge is 2.19. The van der Waals surface area contributed by atoms with Gasteiger partial charge in [-0.3, -0.25) is 9.20 Å². The van der Waals surface area contributed by atoms with Crippen LogP contribution in [0, 0.1) is 6.92 Å². The first-order chi connectivity index (χ1) is 10.9. The molecule has 2 aromatic rings. The maximum absolute atomic E-state index is 12.6. The van der Waals surface area contributed by atoms with Crippen molar-refractivity contribution in [2.75, 3.05) is 13.2 Å². The minimum absolute atomic E-state index is 0.0867. The van der Waals surface area contributed by atoms with Gasteiger partial charge in [0.15, 0.2) is 0 Å². The Hall–Kier alpha value is -1.40. The van der Waals surface area contributed by atoms with Crippen molar-refractivity contribution in [3.05, 3.63) is 33.7 Å². The van der Waals surface area contributed by atoms with E-state index in [1.165, 1.54) is 0 Å². The lowest BCUT2D eigenvalue weighted by atomic mass is 10.2. The number of pyridine rings is 1. The minimum Gasteiger partial charge on any atom is -0.379 e. The molecule has 0 saturated carbocycles. The fourth-order valence-electron chi connectivity index (χ4n) is 2.48. The molecule has 2 heterocycles.